The standard InChI is InChI=1S/C18H21NO6/c1-4-5-12-8-16(20)25-15-9-13(6-7-14(12)15)24-11(3)17(21)19-10(2)18(22)23/h6-11H,4-5H2,1-3H3,(H,19,21)(H,22,23)/t10-,11-/m0/s1. The maximum atomic E-state index is 11.9. The lowest BCUT2D eigenvalue weighted by atomic mass is 10.1. The predicted molar refractivity (Wildman–Crippen MR) is 91.8 cm³/mol. The van der Waals surface area contributed by atoms with Crippen LogP contribution in [-0.4, -0.2) is 29.1 Å². The number of carbonyl (C=O) groups excluding carboxylic acids is 1. The van der Waals surface area contributed by atoms with Gasteiger partial charge < -0.3 is 19.6 Å². The third-order valence-electron chi connectivity index (χ3n) is 3.73. The number of nitrogens with one attached hydrogen (secondary N) is 1. The molecular weight excluding hydrogens is 326 g/mol. The van der Waals surface area contributed by atoms with Crippen LogP contribution in [0.2, 0.25) is 0 Å². The topological polar surface area (TPSA) is 106 Å². The SMILES string of the molecule is CCCc1cc(=O)oc2cc(O[C@@H](C)C(=O)N[C@@H](C)C(=O)O)ccc12. The van der Waals surface area contributed by atoms with Crippen molar-refractivity contribution in [2.24, 2.45) is 0 Å². The summed E-state index contributed by atoms with van der Waals surface area (Å²) in [5.74, 6) is -1.32. The molecule has 25 heavy (non-hydrogen) atoms. The van der Waals surface area contributed by atoms with Crippen molar-refractivity contribution < 1.29 is 23.8 Å². The van der Waals surface area contributed by atoms with Gasteiger partial charge in [-0.15, -0.1) is 0 Å². The molecule has 1 amide bonds. The summed E-state index contributed by atoms with van der Waals surface area (Å²) < 4.78 is 10.8. The van der Waals surface area contributed by atoms with Gasteiger partial charge in [0.1, 0.15) is 17.4 Å². The first-order valence-electron chi connectivity index (χ1n) is 8.08. The molecule has 0 radical (unpaired) electrons. The first-order valence-corrected chi connectivity index (χ1v) is 8.08. The van der Waals surface area contributed by atoms with E-state index in [1.165, 1.54) is 19.9 Å². The largest absolute Gasteiger partial charge is 0.481 e. The minimum Gasteiger partial charge on any atom is -0.481 e. The zero-order valence-electron chi connectivity index (χ0n) is 14.4. The number of hydrogen-bond acceptors (Lipinski definition) is 5. The maximum Gasteiger partial charge on any atom is 0.336 e. The highest BCUT2D eigenvalue weighted by Crippen LogP contribution is 2.24. The monoisotopic (exact) mass is 347 g/mol. The van der Waals surface area contributed by atoms with Gasteiger partial charge in [-0.05, 0) is 38.0 Å². The van der Waals surface area contributed by atoms with Crippen molar-refractivity contribution in [3.63, 3.8) is 0 Å². The summed E-state index contributed by atoms with van der Waals surface area (Å²) in [5.41, 5.74) is 0.857. The van der Waals surface area contributed by atoms with Gasteiger partial charge in [0.2, 0.25) is 0 Å². The summed E-state index contributed by atoms with van der Waals surface area (Å²) >= 11 is 0. The van der Waals surface area contributed by atoms with Crippen LogP contribution in [0, 0.1) is 0 Å². The van der Waals surface area contributed by atoms with Crippen LogP contribution in [0.15, 0.2) is 33.5 Å². The Balaban J connectivity index is 2.20. The number of amides is 1. The average molecular weight is 347 g/mol. The number of aliphatic carboxylic acids is 1. The Hall–Kier alpha value is -2.83. The van der Waals surface area contributed by atoms with Gasteiger partial charge in [0.05, 0.1) is 0 Å². The highest BCUT2D eigenvalue weighted by atomic mass is 16.5. The molecule has 7 nitrogen and oxygen atoms in total. The number of ether oxygens (including phenoxy) is 1. The van der Waals surface area contributed by atoms with Crippen LogP contribution in [0.1, 0.15) is 32.8 Å². The quantitative estimate of drug-likeness (QED) is 0.743. The fraction of sp³-hybridized carbons (Fsp3) is 0.389. The Bertz CT molecular complexity index is 841. The average Bonchev–Trinajstić information content (AvgIpc) is 2.54. The second-order valence-corrected chi connectivity index (χ2v) is 5.83. The van der Waals surface area contributed by atoms with Gasteiger partial charge in [-0.25, -0.2) is 4.79 Å². The first-order chi connectivity index (χ1) is 11.8. The number of hydrogen-bond donors (Lipinski definition) is 2. The molecule has 0 fully saturated rings. The highest BCUT2D eigenvalue weighted by molar-refractivity contribution is 5.86. The van der Waals surface area contributed by atoms with E-state index in [0.717, 1.165) is 23.8 Å². The van der Waals surface area contributed by atoms with E-state index in [4.69, 9.17) is 14.3 Å². The molecule has 0 saturated heterocycles. The van der Waals surface area contributed by atoms with Crippen molar-refractivity contribution in [2.75, 3.05) is 0 Å². The van der Waals surface area contributed by atoms with Crippen LogP contribution >= 0.6 is 0 Å². The summed E-state index contributed by atoms with van der Waals surface area (Å²) in [6.45, 7) is 4.90. The Morgan fingerprint density at radius 1 is 1.28 bits per heavy atom. The lowest BCUT2D eigenvalue weighted by Gasteiger charge is -2.17. The molecule has 1 heterocycles. The van der Waals surface area contributed by atoms with Crippen molar-refractivity contribution in [3.05, 3.63) is 40.2 Å². The number of fused-ring (bicyclic) bond motifs is 1. The summed E-state index contributed by atoms with van der Waals surface area (Å²) in [6.07, 6.45) is 0.758. The van der Waals surface area contributed by atoms with Gasteiger partial charge in [-0.1, -0.05) is 13.3 Å². The number of rotatable bonds is 7. The first kappa shape index (κ1) is 18.5. The minimum absolute atomic E-state index is 0.356. The molecule has 0 saturated carbocycles. The van der Waals surface area contributed by atoms with Gasteiger partial charge >= 0.3 is 11.6 Å². The van der Waals surface area contributed by atoms with Crippen LogP contribution in [0.5, 0.6) is 5.75 Å². The van der Waals surface area contributed by atoms with Gasteiger partial charge in [-0.3, -0.25) is 9.59 Å². The van der Waals surface area contributed by atoms with Crippen LogP contribution in [0.3, 0.4) is 0 Å². The van der Waals surface area contributed by atoms with Crippen molar-refractivity contribution in [2.45, 2.75) is 45.8 Å². The van der Waals surface area contributed by atoms with Crippen LogP contribution in [-0.2, 0) is 16.0 Å². The van der Waals surface area contributed by atoms with Crippen LogP contribution in [0.4, 0.5) is 0 Å². The molecule has 0 aliphatic carbocycles. The summed E-state index contributed by atoms with van der Waals surface area (Å²) in [7, 11) is 0. The van der Waals surface area contributed by atoms with E-state index in [2.05, 4.69) is 5.32 Å². The van der Waals surface area contributed by atoms with E-state index >= 15 is 0 Å². The zero-order chi connectivity index (χ0) is 18.6. The van der Waals surface area contributed by atoms with E-state index in [1.807, 2.05) is 6.92 Å². The van der Waals surface area contributed by atoms with Crippen molar-refractivity contribution in [1.82, 2.24) is 5.32 Å². The summed E-state index contributed by atoms with van der Waals surface area (Å²) in [5, 5.41) is 12.0. The molecule has 2 atom stereocenters. The lowest BCUT2D eigenvalue weighted by molar-refractivity contribution is -0.142. The minimum atomic E-state index is -1.13. The third-order valence-corrected chi connectivity index (χ3v) is 3.73. The molecule has 0 aliphatic rings. The van der Waals surface area contributed by atoms with Crippen LogP contribution in [0.25, 0.3) is 11.0 Å². The zero-order valence-corrected chi connectivity index (χ0v) is 14.4. The maximum absolute atomic E-state index is 11.9. The molecule has 2 aromatic rings. The Kier molecular flexibility index (Phi) is 5.80. The van der Waals surface area contributed by atoms with Crippen molar-refractivity contribution >= 4 is 22.8 Å². The second kappa shape index (κ2) is 7.83. The third kappa shape index (κ3) is 4.59. The van der Waals surface area contributed by atoms with E-state index in [1.54, 1.807) is 18.2 Å². The number of aryl methyl sites for hydroxylation is 1. The van der Waals surface area contributed by atoms with Crippen molar-refractivity contribution in [3.8, 4) is 5.75 Å². The molecule has 1 aromatic carbocycles. The number of carboxylic acid groups (broad SMARTS) is 1. The van der Waals surface area contributed by atoms with Gasteiger partial charge in [0, 0.05) is 17.5 Å². The number of benzene rings is 1. The van der Waals surface area contributed by atoms with Gasteiger partial charge in [0.25, 0.3) is 5.91 Å². The molecule has 2 N–H and O–H groups in total. The molecule has 134 valence electrons. The van der Waals surface area contributed by atoms with Crippen molar-refractivity contribution in [1.29, 1.82) is 0 Å². The molecule has 1 aromatic heterocycles. The molecule has 7 heteroatoms. The Morgan fingerprint density at radius 2 is 2.00 bits per heavy atom. The van der Waals surface area contributed by atoms with Crippen LogP contribution < -0.4 is 15.7 Å². The van der Waals surface area contributed by atoms with E-state index in [0.29, 0.717) is 11.3 Å². The molecular formula is C18H21NO6. The summed E-state index contributed by atoms with van der Waals surface area (Å²) in [6, 6.07) is 5.50. The predicted octanol–water partition coefficient (Wildman–Crippen LogP) is 2.10. The Morgan fingerprint density at radius 3 is 2.64 bits per heavy atom. The van der Waals surface area contributed by atoms with E-state index in [9.17, 15) is 14.4 Å². The molecule has 0 spiro atoms. The number of carboxylic acids is 1. The highest BCUT2D eigenvalue weighted by Gasteiger charge is 2.20. The molecule has 0 aliphatic heterocycles. The molecule has 0 unspecified atom stereocenters. The van der Waals surface area contributed by atoms with E-state index < -0.39 is 29.6 Å². The van der Waals surface area contributed by atoms with Gasteiger partial charge in [-0.2, -0.15) is 0 Å². The Labute approximate surface area is 144 Å². The summed E-state index contributed by atoms with van der Waals surface area (Å²) in [4.78, 5) is 34.4. The smallest absolute Gasteiger partial charge is 0.336 e. The van der Waals surface area contributed by atoms with Gasteiger partial charge in [0.15, 0.2) is 6.10 Å². The normalized spacial score (nSPS) is 13.2. The fourth-order valence-corrected chi connectivity index (χ4v) is 2.41. The molecule has 0 bridgehead atoms. The molecule has 2 rings (SSSR count). The van der Waals surface area contributed by atoms with E-state index in [-0.39, 0.29) is 0 Å². The second-order valence-electron chi connectivity index (χ2n) is 5.83. The number of carbonyl (C=O) groups is 2. The lowest BCUT2D eigenvalue weighted by Crippen LogP contribution is -2.44. The fourth-order valence-electron chi connectivity index (χ4n) is 2.41.